The quantitative estimate of drug-likeness (QED) is 0.697. The van der Waals surface area contributed by atoms with Crippen LogP contribution in [-0.2, 0) is 0 Å². The minimum absolute atomic E-state index is 0.397. The minimum atomic E-state index is -0.397. The van der Waals surface area contributed by atoms with Crippen molar-refractivity contribution in [1.29, 1.82) is 0 Å². The SMILES string of the molecule is C[C@@H]1CNC[C@H](C)C1(O)C1CCCCC1. The normalized spacial score (nSPS) is 44.2. The highest BCUT2D eigenvalue weighted by Gasteiger charge is 2.47. The van der Waals surface area contributed by atoms with Crippen LogP contribution in [0.2, 0.25) is 0 Å². The first kappa shape index (κ1) is 11.4. The molecule has 1 saturated heterocycles. The zero-order chi connectivity index (χ0) is 10.9. The monoisotopic (exact) mass is 211 g/mol. The highest BCUT2D eigenvalue weighted by Crippen LogP contribution is 2.42. The third-order valence-electron chi connectivity index (χ3n) is 4.74. The molecule has 1 saturated carbocycles. The summed E-state index contributed by atoms with van der Waals surface area (Å²) in [5, 5.41) is 14.4. The molecule has 1 heterocycles. The summed E-state index contributed by atoms with van der Waals surface area (Å²) >= 11 is 0. The summed E-state index contributed by atoms with van der Waals surface area (Å²) < 4.78 is 0. The Kier molecular flexibility index (Phi) is 3.36. The van der Waals surface area contributed by atoms with E-state index in [1.165, 1.54) is 32.1 Å². The summed E-state index contributed by atoms with van der Waals surface area (Å²) in [6.45, 7) is 6.38. The Bertz CT molecular complexity index is 201. The van der Waals surface area contributed by atoms with Crippen LogP contribution in [0.1, 0.15) is 46.0 Å². The van der Waals surface area contributed by atoms with Gasteiger partial charge in [0.2, 0.25) is 0 Å². The van der Waals surface area contributed by atoms with Gasteiger partial charge in [-0.2, -0.15) is 0 Å². The maximum absolute atomic E-state index is 11.0. The van der Waals surface area contributed by atoms with Crippen molar-refractivity contribution in [1.82, 2.24) is 5.32 Å². The number of piperidine rings is 1. The van der Waals surface area contributed by atoms with Crippen molar-refractivity contribution in [2.24, 2.45) is 17.8 Å². The second-order valence-electron chi connectivity index (χ2n) is 5.68. The maximum Gasteiger partial charge on any atom is 0.0750 e. The van der Waals surface area contributed by atoms with Gasteiger partial charge in [-0.25, -0.2) is 0 Å². The largest absolute Gasteiger partial charge is 0.389 e. The summed E-state index contributed by atoms with van der Waals surface area (Å²) in [5.74, 6) is 1.37. The maximum atomic E-state index is 11.0. The molecule has 2 rings (SSSR count). The lowest BCUT2D eigenvalue weighted by Crippen LogP contribution is -2.59. The van der Waals surface area contributed by atoms with Gasteiger partial charge in [0.1, 0.15) is 0 Å². The van der Waals surface area contributed by atoms with Gasteiger partial charge >= 0.3 is 0 Å². The Labute approximate surface area is 93.5 Å². The molecule has 1 unspecified atom stereocenters. The van der Waals surface area contributed by atoms with E-state index in [-0.39, 0.29) is 0 Å². The summed E-state index contributed by atoms with van der Waals surface area (Å²) in [7, 11) is 0. The van der Waals surface area contributed by atoms with Gasteiger partial charge in [-0.05, 0) is 30.6 Å². The van der Waals surface area contributed by atoms with E-state index in [0.717, 1.165) is 13.1 Å². The molecule has 3 atom stereocenters. The third kappa shape index (κ3) is 1.94. The fourth-order valence-corrected chi connectivity index (χ4v) is 3.70. The first-order valence-electron chi connectivity index (χ1n) is 6.58. The zero-order valence-electron chi connectivity index (χ0n) is 10.1. The van der Waals surface area contributed by atoms with E-state index in [2.05, 4.69) is 19.2 Å². The Hall–Kier alpha value is -0.0800. The lowest BCUT2D eigenvalue weighted by atomic mass is 9.64. The molecule has 2 fully saturated rings. The van der Waals surface area contributed by atoms with Crippen LogP contribution in [0.15, 0.2) is 0 Å². The number of hydrogen-bond acceptors (Lipinski definition) is 2. The van der Waals surface area contributed by atoms with Crippen molar-refractivity contribution in [2.45, 2.75) is 51.6 Å². The van der Waals surface area contributed by atoms with Crippen molar-refractivity contribution in [3.63, 3.8) is 0 Å². The summed E-state index contributed by atoms with van der Waals surface area (Å²) in [5.41, 5.74) is -0.397. The van der Waals surface area contributed by atoms with Crippen LogP contribution in [0.3, 0.4) is 0 Å². The van der Waals surface area contributed by atoms with Gasteiger partial charge in [-0.15, -0.1) is 0 Å². The molecule has 2 aliphatic rings. The Balaban J connectivity index is 2.12. The van der Waals surface area contributed by atoms with E-state index in [4.69, 9.17) is 0 Å². The van der Waals surface area contributed by atoms with E-state index >= 15 is 0 Å². The molecule has 0 bridgehead atoms. The van der Waals surface area contributed by atoms with E-state index in [9.17, 15) is 5.11 Å². The fraction of sp³-hybridized carbons (Fsp3) is 1.00. The molecule has 2 N–H and O–H groups in total. The van der Waals surface area contributed by atoms with Crippen LogP contribution < -0.4 is 5.32 Å². The van der Waals surface area contributed by atoms with Crippen molar-refractivity contribution in [3.8, 4) is 0 Å². The standard InChI is InChI=1S/C13H25NO/c1-10-8-14-9-11(2)13(10,15)12-6-4-3-5-7-12/h10-12,14-15H,3-9H2,1-2H3/t10-,11+,13?. The van der Waals surface area contributed by atoms with Gasteiger partial charge in [0.15, 0.2) is 0 Å². The van der Waals surface area contributed by atoms with Crippen LogP contribution in [0.25, 0.3) is 0 Å². The molecule has 1 aliphatic carbocycles. The number of nitrogens with one attached hydrogen (secondary N) is 1. The molecule has 0 aromatic rings. The average molecular weight is 211 g/mol. The Morgan fingerprint density at radius 3 is 2.07 bits per heavy atom. The molecule has 15 heavy (non-hydrogen) atoms. The van der Waals surface area contributed by atoms with Gasteiger partial charge in [0, 0.05) is 13.1 Å². The average Bonchev–Trinajstić information content (AvgIpc) is 2.27. The second kappa shape index (κ2) is 4.42. The second-order valence-corrected chi connectivity index (χ2v) is 5.68. The first-order chi connectivity index (χ1) is 7.15. The lowest BCUT2D eigenvalue weighted by molar-refractivity contribution is -0.127. The van der Waals surface area contributed by atoms with Crippen molar-refractivity contribution in [3.05, 3.63) is 0 Å². The highest BCUT2D eigenvalue weighted by atomic mass is 16.3. The topological polar surface area (TPSA) is 32.3 Å². The van der Waals surface area contributed by atoms with Gasteiger partial charge < -0.3 is 10.4 Å². The van der Waals surface area contributed by atoms with Gasteiger partial charge in [0.05, 0.1) is 5.60 Å². The number of rotatable bonds is 1. The molecule has 0 aromatic heterocycles. The molecule has 2 heteroatoms. The van der Waals surface area contributed by atoms with Crippen LogP contribution >= 0.6 is 0 Å². The van der Waals surface area contributed by atoms with Gasteiger partial charge in [0.25, 0.3) is 0 Å². The van der Waals surface area contributed by atoms with Crippen molar-refractivity contribution in [2.75, 3.05) is 13.1 Å². The highest BCUT2D eigenvalue weighted by molar-refractivity contribution is 4.99. The van der Waals surface area contributed by atoms with E-state index in [0.29, 0.717) is 17.8 Å². The number of hydrogen-bond donors (Lipinski definition) is 2. The van der Waals surface area contributed by atoms with Crippen LogP contribution in [0, 0.1) is 17.8 Å². The lowest BCUT2D eigenvalue weighted by Gasteiger charge is -2.49. The van der Waals surface area contributed by atoms with Crippen LogP contribution in [-0.4, -0.2) is 23.8 Å². The molecule has 0 aromatic carbocycles. The summed E-state index contributed by atoms with van der Waals surface area (Å²) in [6.07, 6.45) is 6.49. The van der Waals surface area contributed by atoms with E-state index < -0.39 is 5.60 Å². The van der Waals surface area contributed by atoms with Gasteiger partial charge in [-0.3, -0.25) is 0 Å². The van der Waals surface area contributed by atoms with Crippen LogP contribution in [0.5, 0.6) is 0 Å². The predicted molar refractivity (Wildman–Crippen MR) is 62.7 cm³/mol. The van der Waals surface area contributed by atoms with E-state index in [1.54, 1.807) is 0 Å². The molecule has 0 spiro atoms. The summed E-state index contributed by atoms with van der Waals surface area (Å²) in [4.78, 5) is 0. The van der Waals surface area contributed by atoms with Crippen molar-refractivity contribution < 1.29 is 5.11 Å². The number of aliphatic hydroxyl groups is 1. The molecular weight excluding hydrogens is 186 g/mol. The Morgan fingerprint density at radius 1 is 1.00 bits per heavy atom. The molecule has 88 valence electrons. The minimum Gasteiger partial charge on any atom is -0.389 e. The molecule has 2 nitrogen and oxygen atoms in total. The third-order valence-corrected chi connectivity index (χ3v) is 4.74. The van der Waals surface area contributed by atoms with Crippen LogP contribution in [0.4, 0.5) is 0 Å². The molecule has 0 amide bonds. The molecule has 0 radical (unpaired) electrons. The zero-order valence-corrected chi connectivity index (χ0v) is 10.1. The predicted octanol–water partition coefficient (Wildman–Crippen LogP) is 2.17. The Morgan fingerprint density at radius 2 is 1.53 bits per heavy atom. The molecular formula is C13H25NO. The van der Waals surface area contributed by atoms with Crippen molar-refractivity contribution >= 4 is 0 Å². The summed E-state index contributed by atoms with van der Waals surface area (Å²) in [6, 6.07) is 0. The van der Waals surface area contributed by atoms with E-state index in [1.807, 2.05) is 0 Å². The fourth-order valence-electron chi connectivity index (χ4n) is 3.70. The first-order valence-corrected chi connectivity index (χ1v) is 6.58. The van der Waals surface area contributed by atoms with Gasteiger partial charge in [-0.1, -0.05) is 33.1 Å². The smallest absolute Gasteiger partial charge is 0.0750 e. The molecule has 1 aliphatic heterocycles.